The number of anilines is 1. The summed E-state index contributed by atoms with van der Waals surface area (Å²) in [5.74, 6) is 0.695. The van der Waals surface area contributed by atoms with Crippen molar-refractivity contribution in [2.24, 2.45) is 4.99 Å². The van der Waals surface area contributed by atoms with Gasteiger partial charge in [-0.1, -0.05) is 56.3 Å². The van der Waals surface area contributed by atoms with E-state index in [0.717, 1.165) is 16.8 Å². The van der Waals surface area contributed by atoms with Crippen LogP contribution in [-0.4, -0.2) is 51.6 Å². The summed E-state index contributed by atoms with van der Waals surface area (Å²) in [6.07, 6.45) is -3.21. The Morgan fingerprint density at radius 3 is 2.38 bits per heavy atom. The van der Waals surface area contributed by atoms with Gasteiger partial charge >= 0.3 is 6.36 Å². The first-order valence-corrected chi connectivity index (χ1v) is 13.4. The molecule has 0 radical (unpaired) electrons. The highest BCUT2D eigenvalue weighted by Gasteiger charge is 2.31. The van der Waals surface area contributed by atoms with Crippen molar-refractivity contribution >= 4 is 35.3 Å². The molecule has 220 valence electrons. The Labute approximate surface area is 247 Å². The molecule has 9 nitrogen and oxygen atoms in total. The summed E-state index contributed by atoms with van der Waals surface area (Å²) in [6, 6.07) is 21.0. The molecule has 0 spiro atoms. The molecule has 1 aromatic heterocycles. The van der Waals surface area contributed by atoms with E-state index in [1.165, 1.54) is 34.5 Å². The lowest BCUT2D eigenvalue weighted by Gasteiger charge is -2.16. The third kappa shape index (κ3) is 8.51. The van der Waals surface area contributed by atoms with E-state index in [-0.39, 0.29) is 11.7 Å². The van der Waals surface area contributed by atoms with E-state index in [9.17, 15) is 13.2 Å². The number of ether oxygens (including phenoxy) is 1. The minimum Gasteiger partial charge on any atom is -0.406 e. The predicted molar refractivity (Wildman–Crippen MR) is 162 cm³/mol. The number of nitrogens with one attached hydrogen (secondary N) is 3. The monoisotopic (exact) mass is 596 g/mol. The molecule has 4 rings (SSSR count). The van der Waals surface area contributed by atoms with E-state index in [4.69, 9.17) is 12.2 Å². The Kier molecular flexibility index (Phi) is 9.76. The van der Waals surface area contributed by atoms with Crippen molar-refractivity contribution in [3.8, 4) is 22.8 Å². The van der Waals surface area contributed by atoms with Gasteiger partial charge in [0, 0.05) is 31.9 Å². The number of rotatable bonds is 10. The van der Waals surface area contributed by atoms with Gasteiger partial charge in [-0.15, -0.1) is 18.3 Å². The molecule has 0 unspecified atom stereocenters. The molecule has 0 bridgehead atoms. The van der Waals surface area contributed by atoms with Crippen LogP contribution in [0.15, 0.2) is 77.8 Å². The second kappa shape index (κ2) is 13.4. The summed E-state index contributed by atoms with van der Waals surface area (Å²) in [4.78, 5) is 10.7. The third-order valence-electron chi connectivity index (χ3n) is 5.85. The molecule has 3 aromatic carbocycles. The fourth-order valence-electron chi connectivity index (χ4n) is 3.91. The minimum absolute atomic E-state index is 0.262. The number of alkyl halides is 3. The minimum atomic E-state index is -4.77. The molecule has 0 aliphatic carbocycles. The predicted octanol–water partition coefficient (Wildman–Crippen LogP) is 6.17. The maximum Gasteiger partial charge on any atom is 0.573 e. The molecular formula is C29H31F3N8OS. The van der Waals surface area contributed by atoms with Crippen molar-refractivity contribution in [1.29, 1.82) is 0 Å². The van der Waals surface area contributed by atoms with Crippen molar-refractivity contribution in [1.82, 2.24) is 30.5 Å². The van der Waals surface area contributed by atoms with Crippen molar-refractivity contribution in [3.05, 3.63) is 83.9 Å². The van der Waals surface area contributed by atoms with Gasteiger partial charge in [0.15, 0.2) is 10.9 Å². The Morgan fingerprint density at radius 1 is 1.05 bits per heavy atom. The number of benzene rings is 3. The van der Waals surface area contributed by atoms with Crippen LogP contribution in [0.5, 0.6) is 5.75 Å². The number of hydrazine groups is 1. The molecule has 0 aliphatic rings. The summed E-state index contributed by atoms with van der Waals surface area (Å²) in [5.41, 5.74) is 10.5. The number of thiocarbonyl (C=S) groups is 1. The molecule has 0 amide bonds. The van der Waals surface area contributed by atoms with E-state index in [1.807, 2.05) is 56.6 Å². The lowest BCUT2D eigenvalue weighted by molar-refractivity contribution is -0.274. The standard InChI is InChI=1S/C29H31F3N8OS/c1-19(2)24-7-5-6-8-25(24)35-28(42)37-34-17-20-9-11-21(12-10-20)26-36-27(33-18-39(3)4)40(38-26)22-13-15-23(16-14-22)41-29(30,31)32/h5-16,18-19,34H,17H2,1-4H3,(H2,35,37,42)/b33-18+. The second-order valence-electron chi connectivity index (χ2n) is 9.77. The summed E-state index contributed by atoms with van der Waals surface area (Å²) in [7, 11) is 3.62. The van der Waals surface area contributed by atoms with Crippen molar-refractivity contribution in [2.75, 3.05) is 19.4 Å². The van der Waals surface area contributed by atoms with Gasteiger partial charge in [-0.3, -0.25) is 5.43 Å². The summed E-state index contributed by atoms with van der Waals surface area (Å²) in [5, 5.41) is 8.25. The van der Waals surface area contributed by atoms with Crippen LogP contribution in [0.25, 0.3) is 17.1 Å². The smallest absolute Gasteiger partial charge is 0.406 e. The van der Waals surface area contributed by atoms with Crippen LogP contribution in [0.3, 0.4) is 0 Å². The van der Waals surface area contributed by atoms with Gasteiger partial charge < -0.3 is 15.0 Å². The number of hydrogen-bond acceptors (Lipinski definition) is 6. The quantitative estimate of drug-likeness (QED) is 0.0867. The van der Waals surface area contributed by atoms with Gasteiger partial charge in [-0.05, 0) is 59.6 Å². The van der Waals surface area contributed by atoms with E-state index < -0.39 is 6.36 Å². The molecule has 0 aliphatic heterocycles. The van der Waals surface area contributed by atoms with Gasteiger partial charge in [0.05, 0.1) is 12.0 Å². The van der Waals surface area contributed by atoms with E-state index >= 15 is 0 Å². The first-order valence-electron chi connectivity index (χ1n) is 13.0. The van der Waals surface area contributed by atoms with Gasteiger partial charge in [-0.2, -0.15) is 9.67 Å². The number of halogens is 3. The van der Waals surface area contributed by atoms with Crippen LogP contribution >= 0.6 is 12.2 Å². The van der Waals surface area contributed by atoms with Crippen LogP contribution in [0.1, 0.15) is 30.9 Å². The normalized spacial score (nSPS) is 11.6. The molecule has 0 fully saturated rings. The van der Waals surface area contributed by atoms with Crippen LogP contribution in [0.2, 0.25) is 0 Å². The number of hydrogen-bond donors (Lipinski definition) is 3. The lowest BCUT2D eigenvalue weighted by atomic mass is 10.0. The first-order chi connectivity index (χ1) is 20.0. The molecule has 4 aromatic rings. The van der Waals surface area contributed by atoms with Gasteiger partial charge in [0.25, 0.3) is 5.95 Å². The van der Waals surface area contributed by atoms with Crippen LogP contribution < -0.4 is 20.9 Å². The largest absolute Gasteiger partial charge is 0.573 e. The molecule has 1 heterocycles. The van der Waals surface area contributed by atoms with Crippen LogP contribution in [0.4, 0.5) is 24.8 Å². The Balaban J connectivity index is 1.43. The van der Waals surface area contributed by atoms with E-state index in [1.54, 1.807) is 11.2 Å². The molecular weight excluding hydrogens is 565 g/mol. The molecule has 3 N–H and O–H groups in total. The maximum atomic E-state index is 12.6. The lowest BCUT2D eigenvalue weighted by Crippen LogP contribution is -2.39. The van der Waals surface area contributed by atoms with Gasteiger partial charge in [-0.25, -0.2) is 10.4 Å². The van der Waals surface area contributed by atoms with Gasteiger partial charge in [0.2, 0.25) is 0 Å². The Morgan fingerprint density at radius 2 is 1.74 bits per heavy atom. The Bertz CT molecular complexity index is 1520. The number of aliphatic imine (C=N–C) groups is 1. The average molecular weight is 597 g/mol. The van der Waals surface area contributed by atoms with Crippen molar-refractivity contribution < 1.29 is 17.9 Å². The third-order valence-corrected chi connectivity index (χ3v) is 6.05. The van der Waals surface area contributed by atoms with Crippen LogP contribution in [0, 0.1) is 0 Å². The molecule has 0 saturated heterocycles. The number of para-hydroxylation sites is 1. The fraction of sp³-hybridized carbons (Fsp3) is 0.241. The van der Waals surface area contributed by atoms with Crippen LogP contribution in [-0.2, 0) is 6.54 Å². The zero-order valence-electron chi connectivity index (χ0n) is 23.5. The van der Waals surface area contributed by atoms with Crippen molar-refractivity contribution in [3.63, 3.8) is 0 Å². The summed E-state index contributed by atoms with van der Waals surface area (Å²) >= 11 is 5.43. The second-order valence-corrected chi connectivity index (χ2v) is 10.2. The van der Waals surface area contributed by atoms with E-state index in [0.29, 0.717) is 29.1 Å². The SMILES string of the molecule is CC(C)c1ccccc1NC(=S)NNCc1ccc(-c2nc(/N=C/N(C)C)n(-c3ccc(OC(F)(F)F)cc3)n2)cc1. The first kappa shape index (κ1) is 30.5. The summed E-state index contributed by atoms with van der Waals surface area (Å²) < 4.78 is 43.1. The highest BCUT2D eigenvalue weighted by molar-refractivity contribution is 7.80. The topological polar surface area (TPSA) is 91.6 Å². The maximum absolute atomic E-state index is 12.6. The number of aromatic nitrogens is 3. The molecule has 0 atom stereocenters. The number of nitrogens with zero attached hydrogens (tertiary/aromatic N) is 5. The highest BCUT2D eigenvalue weighted by Crippen LogP contribution is 2.27. The van der Waals surface area contributed by atoms with Crippen molar-refractivity contribution in [2.45, 2.75) is 32.7 Å². The van der Waals surface area contributed by atoms with Gasteiger partial charge in [0.1, 0.15) is 5.75 Å². The highest BCUT2D eigenvalue weighted by atomic mass is 32.1. The fourth-order valence-corrected chi connectivity index (χ4v) is 4.09. The molecule has 0 saturated carbocycles. The summed E-state index contributed by atoms with van der Waals surface area (Å²) in [6.45, 7) is 4.76. The Hall–Kier alpha value is -4.49. The molecule has 13 heteroatoms. The average Bonchev–Trinajstić information content (AvgIpc) is 3.36. The zero-order valence-corrected chi connectivity index (χ0v) is 24.3. The zero-order chi connectivity index (χ0) is 30.3. The molecule has 42 heavy (non-hydrogen) atoms. The van der Waals surface area contributed by atoms with E-state index in [2.05, 4.69) is 55.9 Å².